The maximum Gasteiger partial charge on any atom is 0.300 e. The second kappa shape index (κ2) is 12.8. The number of aromatic nitrogens is 2. The maximum absolute atomic E-state index is 13.9. The number of nitriles is 1. The van der Waals surface area contributed by atoms with E-state index in [1.165, 1.54) is 20.5 Å². The molecule has 0 unspecified atom stereocenters. The van der Waals surface area contributed by atoms with Gasteiger partial charge in [-0.05, 0) is 30.5 Å². The molecule has 1 aliphatic rings. The number of carboxylic acid groups (broad SMARTS) is 1. The number of carboxylic acids is 1. The molecule has 0 aliphatic carbocycles. The molecule has 0 saturated carbocycles. The highest BCUT2D eigenvalue weighted by Gasteiger charge is 2.36. The zero-order chi connectivity index (χ0) is 27.8. The molecular weight excluding hydrogens is 484 g/mol. The summed E-state index contributed by atoms with van der Waals surface area (Å²) in [7, 11) is 1.60. The first kappa shape index (κ1) is 29.3. The summed E-state index contributed by atoms with van der Waals surface area (Å²) in [6.45, 7) is 3.21. The van der Waals surface area contributed by atoms with E-state index in [1.807, 2.05) is 6.07 Å². The van der Waals surface area contributed by atoms with Crippen LogP contribution in [-0.2, 0) is 17.8 Å². The fraction of sp³-hybridized carbons (Fsp3) is 0.440. The van der Waals surface area contributed by atoms with Gasteiger partial charge >= 0.3 is 0 Å². The average Bonchev–Trinajstić information content (AvgIpc) is 2.82. The minimum atomic E-state index is -2.81. The van der Waals surface area contributed by atoms with Crippen LogP contribution in [0.3, 0.4) is 0 Å². The number of allylic oxidation sites excluding steroid dienone is 1. The molecule has 0 amide bonds. The number of carbonyl (C=O) groups is 1. The Bertz CT molecular complexity index is 1230. The third kappa shape index (κ3) is 8.28. The summed E-state index contributed by atoms with van der Waals surface area (Å²) in [6.07, 6.45) is 3.71. The van der Waals surface area contributed by atoms with E-state index >= 15 is 0 Å². The average molecular weight is 518 g/mol. The molecule has 10 nitrogen and oxygen atoms in total. The van der Waals surface area contributed by atoms with Gasteiger partial charge in [-0.2, -0.15) is 5.26 Å². The lowest BCUT2D eigenvalue weighted by atomic mass is 10.1. The Hall–Kier alpha value is -3.98. The topological polar surface area (TPSA) is 154 Å². The van der Waals surface area contributed by atoms with Crippen LogP contribution in [0, 0.1) is 11.3 Å². The number of hydrazine groups is 1. The Morgan fingerprint density at radius 1 is 1.32 bits per heavy atom. The molecule has 1 saturated heterocycles. The van der Waals surface area contributed by atoms with Gasteiger partial charge in [0.25, 0.3) is 17.5 Å². The Labute approximate surface area is 214 Å². The molecule has 3 rings (SSSR count). The lowest BCUT2D eigenvalue weighted by Crippen LogP contribution is -2.43. The number of hydrogen-bond donors (Lipinski definition) is 3. The molecule has 0 spiro atoms. The number of hydrogen-bond acceptors (Lipinski definition) is 8. The van der Waals surface area contributed by atoms with Gasteiger partial charge in [-0.3, -0.25) is 9.59 Å². The van der Waals surface area contributed by atoms with Crippen molar-refractivity contribution in [2.75, 3.05) is 25.0 Å². The Morgan fingerprint density at radius 3 is 2.57 bits per heavy atom. The minimum absolute atomic E-state index is 0.00860. The molecule has 0 radical (unpaired) electrons. The van der Waals surface area contributed by atoms with Gasteiger partial charge < -0.3 is 25.3 Å². The van der Waals surface area contributed by atoms with Crippen LogP contribution >= 0.6 is 0 Å². The minimum Gasteiger partial charge on any atom is -0.481 e. The highest BCUT2D eigenvalue weighted by Crippen LogP contribution is 2.31. The molecule has 0 atom stereocenters. The standard InChI is InChI=1S/C23H29F2N7O.C2H4O2/c1-3-5-16-6-9-21(33)32(13-16)14-20(30(2)28)22(27)17-7-8-19(18(12-26)29-17)31-11-4-10-23(24,25)15-31;1-2(3)4/h6-9,13H,3-5,10-11,14-15,27-28H2,1-2H3;1H3,(H,3,4)/b22-20-;. The summed E-state index contributed by atoms with van der Waals surface area (Å²) in [5, 5.41) is 18.3. The van der Waals surface area contributed by atoms with E-state index in [4.69, 9.17) is 21.5 Å². The van der Waals surface area contributed by atoms with Gasteiger partial charge in [-0.1, -0.05) is 19.4 Å². The second-order valence-corrected chi connectivity index (χ2v) is 8.80. The van der Waals surface area contributed by atoms with Gasteiger partial charge in [0.1, 0.15) is 6.07 Å². The predicted octanol–water partition coefficient (Wildman–Crippen LogP) is 2.53. The van der Waals surface area contributed by atoms with Crippen molar-refractivity contribution in [1.82, 2.24) is 14.6 Å². The third-order valence-electron chi connectivity index (χ3n) is 5.63. The molecule has 1 aliphatic heterocycles. The van der Waals surface area contributed by atoms with Crippen LogP contribution in [0.1, 0.15) is 50.1 Å². The Balaban J connectivity index is 0.00000112. The van der Waals surface area contributed by atoms with Gasteiger partial charge in [0.15, 0.2) is 5.69 Å². The first-order valence-corrected chi connectivity index (χ1v) is 11.8. The molecule has 200 valence electrons. The first-order chi connectivity index (χ1) is 17.4. The molecule has 1 fully saturated rings. The lowest BCUT2D eigenvalue weighted by molar-refractivity contribution is -0.134. The van der Waals surface area contributed by atoms with Crippen molar-refractivity contribution >= 4 is 17.4 Å². The number of piperidine rings is 1. The molecule has 37 heavy (non-hydrogen) atoms. The van der Waals surface area contributed by atoms with Crippen molar-refractivity contribution in [3.8, 4) is 6.07 Å². The smallest absolute Gasteiger partial charge is 0.300 e. The van der Waals surface area contributed by atoms with E-state index in [1.54, 1.807) is 31.4 Å². The first-order valence-electron chi connectivity index (χ1n) is 11.8. The summed E-state index contributed by atoms with van der Waals surface area (Å²) in [5.74, 6) is 2.37. The highest BCUT2D eigenvalue weighted by molar-refractivity contribution is 5.67. The third-order valence-corrected chi connectivity index (χ3v) is 5.63. The van der Waals surface area contributed by atoms with E-state index in [0.717, 1.165) is 25.3 Å². The monoisotopic (exact) mass is 517 g/mol. The summed E-state index contributed by atoms with van der Waals surface area (Å²) in [5.41, 5.74) is 8.44. The molecule has 0 aromatic carbocycles. The second-order valence-electron chi connectivity index (χ2n) is 8.80. The zero-order valence-electron chi connectivity index (χ0n) is 21.2. The van der Waals surface area contributed by atoms with Crippen molar-refractivity contribution in [2.45, 2.75) is 52.0 Å². The molecule has 2 aromatic rings. The summed E-state index contributed by atoms with van der Waals surface area (Å²) >= 11 is 0. The fourth-order valence-electron chi connectivity index (χ4n) is 3.95. The predicted molar refractivity (Wildman–Crippen MR) is 136 cm³/mol. The summed E-state index contributed by atoms with van der Waals surface area (Å²) < 4.78 is 29.3. The maximum atomic E-state index is 13.9. The van der Waals surface area contributed by atoms with Crippen LogP contribution < -0.4 is 22.0 Å². The summed E-state index contributed by atoms with van der Waals surface area (Å²) in [4.78, 5) is 27.2. The lowest BCUT2D eigenvalue weighted by Gasteiger charge is -2.34. The number of aliphatic carboxylic acids is 1. The van der Waals surface area contributed by atoms with Crippen LogP contribution in [-0.4, -0.2) is 51.7 Å². The highest BCUT2D eigenvalue weighted by atomic mass is 19.3. The fourth-order valence-corrected chi connectivity index (χ4v) is 3.95. The van der Waals surface area contributed by atoms with Gasteiger partial charge in [0, 0.05) is 39.2 Å². The van der Waals surface area contributed by atoms with Gasteiger partial charge in [-0.25, -0.2) is 19.6 Å². The van der Waals surface area contributed by atoms with Gasteiger partial charge in [-0.15, -0.1) is 0 Å². The number of nitrogens with zero attached hydrogens (tertiary/aromatic N) is 5. The quantitative estimate of drug-likeness (QED) is 0.371. The van der Waals surface area contributed by atoms with E-state index in [-0.39, 0.29) is 35.6 Å². The number of rotatable bonds is 7. The van der Waals surface area contributed by atoms with Crippen LogP contribution in [0.2, 0.25) is 0 Å². The van der Waals surface area contributed by atoms with E-state index in [2.05, 4.69) is 11.9 Å². The van der Waals surface area contributed by atoms with Crippen molar-refractivity contribution in [1.29, 1.82) is 5.26 Å². The zero-order valence-corrected chi connectivity index (χ0v) is 21.2. The van der Waals surface area contributed by atoms with Crippen LogP contribution in [0.25, 0.3) is 5.70 Å². The molecular formula is C25H33F2N7O3. The number of anilines is 1. The molecule has 12 heteroatoms. The molecule has 3 heterocycles. The van der Waals surface area contributed by atoms with E-state index < -0.39 is 18.4 Å². The normalized spacial score (nSPS) is 15.1. The van der Waals surface area contributed by atoms with Gasteiger partial charge in [0.2, 0.25) is 0 Å². The van der Waals surface area contributed by atoms with Crippen molar-refractivity contribution in [3.05, 3.63) is 63.5 Å². The number of likely N-dealkylation sites (N-methyl/N-ethyl adjacent to an activating group) is 1. The molecule has 5 N–H and O–H groups in total. The number of alkyl halides is 2. The van der Waals surface area contributed by atoms with Gasteiger partial charge in [0.05, 0.1) is 35.9 Å². The number of nitrogens with two attached hydrogens (primary N) is 2. The van der Waals surface area contributed by atoms with Crippen LogP contribution in [0.4, 0.5) is 14.5 Å². The SMILES string of the molecule is CC(=O)O.CCCc1ccc(=O)n(C/C(=C(/N)c2ccc(N3CCCC(F)(F)C3)c(C#N)n2)N(C)N)c1. The van der Waals surface area contributed by atoms with Crippen molar-refractivity contribution in [2.24, 2.45) is 11.6 Å². The number of halogens is 2. The molecule has 2 aromatic heterocycles. The van der Waals surface area contributed by atoms with Crippen molar-refractivity contribution in [3.63, 3.8) is 0 Å². The van der Waals surface area contributed by atoms with Crippen LogP contribution in [0.5, 0.6) is 0 Å². The van der Waals surface area contributed by atoms with E-state index in [0.29, 0.717) is 24.4 Å². The molecule has 0 bridgehead atoms. The number of pyridine rings is 2. The summed E-state index contributed by atoms with van der Waals surface area (Å²) in [6, 6.07) is 8.45. The largest absolute Gasteiger partial charge is 0.481 e. The number of aryl methyl sites for hydroxylation is 1. The van der Waals surface area contributed by atoms with Crippen LogP contribution in [0.15, 0.2) is 41.0 Å². The van der Waals surface area contributed by atoms with Crippen molar-refractivity contribution < 1.29 is 18.7 Å². The Kier molecular flexibility index (Phi) is 10.1. The van der Waals surface area contributed by atoms with E-state index in [9.17, 15) is 18.8 Å². The Morgan fingerprint density at radius 2 is 2.00 bits per heavy atom.